The van der Waals surface area contributed by atoms with Crippen LogP contribution in [0.5, 0.6) is 0 Å². The molecule has 0 aromatic rings. The van der Waals surface area contributed by atoms with Crippen molar-refractivity contribution in [3.8, 4) is 0 Å². The lowest BCUT2D eigenvalue weighted by Crippen LogP contribution is -2.41. The summed E-state index contributed by atoms with van der Waals surface area (Å²) < 4.78 is 16.0. The minimum Gasteiger partial charge on any atom is -0.383 e. The van der Waals surface area contributed by atoms with Crippen molar-refractivity contribution >= 4 is 15.0 Å². The summed E-state index contributed by atoms with van der Waals surface area (Å²) in [6.07, 6.45) is 12.8. The van der Waals surface area contributed by atoms with Gasteiger partial charge in [-0.1, -0.05) is 25.0 Å². The molecule has 0 amide bonds. The van der Waals surface area contributed by atoms with Crippen LogP contribution in [0.3, 0.4) is 0 Å². The lowest BCUT2D eigenvalue weighted by atomic mass is 9.90. The normalized spacial score (nSPS) is 34.8. The number of hydrogen-bond donors (Lipinski definition) is 0. The molecule has 3 aliphatic rings. The number of fused-ring (bicyclic) bond motifs is 1. The van der Waals surface area contributed by atoms with E-state index >= 15 is 0 Å². The quantitative estimate of drug-likeness (QED) is 0.528. The fourth-order valence-corrected chi connectivity index (χ4v) is 8.25. The molecule has 2 unspecified atom stereocenters. The van der Waals surface area contributed by atoms with E-state index < -0.39 is 7.44 Å². The van der Waals surface area contributed by atoms with E-state index in [4.69, 9.17) is 17.0 Å². The molecule has 0 aromatic carbocycles. The molecule has 2 radical (unpaired) electrons. The van der Waals surface area contributed by atoms with Crippen LogP contribution in [0.15, 0.2) is 23.5 Å². The second kappa shape index (κ2) is 7.80. The molecule has 0 spiro atoms. The van der Waals surface area contributed by atoms with Crippen molar-refractivity contribution in [3.05, 3.63) is 23.5 Å². The van der Waals surface area contributed by atoms with Crippen molar-refractivity contribution in [3.63, 3.8) is 0 Å². The summed E-state index contributed by atoms with van der Waals surface area (Å²) >= 11 is 0. The molecule has 2 fully saturated rings. The van der Waals surface area contributed by atoms with Gasteiger partial charge >= 0.3 is 7.57 Å². The van der Waals surface area contributed by atoms with E-state index in [1.165, 1.54) is 31.0 Å². The smallest absolute Gasteiger partial charge is 0.383 e. The summed E-state index contributed by atoms with van der Waals surface area (Å²) in [5.74, 6) is 0. The fourth-order valence-electron chi connectivity index (χ4n) is 4.40. The van der Waals surface area contributed by atoms with Crippen LogP contribution >= 0.6 is 7.44 Å². The highest BCUT2D eigenvalue weighted by Gasteiger charge is 2.62. The predicted molar refractivity (Wildman–Crippen MR) is 97.7 cm³/mol. The van der Waals surface area contributed by atoms with E-state index in [9.17, 15) is 0 Å². The van der Waals surface area contributed by atoms with Crippen molar-refractivity contribution in [1.29, 1.82) is 0 Å². The zero-order chi connectivity index (χ0) is 16.3. The lowest BCUT2D eigenvalue weighted by Gasteiger charge is -2.35. The van der Waals surface area contributed by atoms with E-state index in [1.807, 2.05) is 0 Å². The molecule has 1 heterocycles. The summed E-state index contributed by atoms with van der Waals surface area (Å²) in [4.78, 5) is 0. The monoisotopic (exact) mass is 335 g/mol. The Bertz CT molecular complexity index is 448. The first-order valence-corrected chi connectivity index (χ1v) is 10.6. The largest absolute Gasteiger partial charge is 0.416 e. The molecule has 23 heavy (non-hydrogen) atoms. The Morgan fingerprint density at radius 3 is 2.09 bits per heavy atom. The summed E-state index contributed by atoms with van der Waals surface area (Å²) in [6, 6.07) is 1.16. The number of allylic oxidation sites excluding steroid dienone is 4. The average molecular weight is 335 g/mol. The van der Waals surface area contributed by atoms with Gasteiger partial charge in [-0.15, -0.1) is 0 Å². The predicted octanol–water partition coefficient (Wildman–Crippen LogP) is 2.98. The van der Waals surface area contributed by atoms with Crippen molar-refractivity contribution in [2.24, 2.45) is 0 Å². The molecular formula is C17H29BN2O2P+. The van der Waals surface area contributed by atoms with E-state index in [0.717, 1.165) is 32.7 Å². The third kappa shape index (κ3) is 3.19. The van der Waals surface area contributed by atoms with Gasteiger partial charge in [0.1, 0.15) is 7.44 Å². The Kier molecular flexibility index (Phi) is 5.98. The highest BCUT2D eigenvalue weighted by atomic mass is 31.2. The molecule has 3 rings (SSSR count). The highest BCUT2D eigenvalue weighted by molar-refractivity contribution is 7.97. The number of methoxy groups -OCH3 is 2. The van der Waals surface area contributed by atoms with Gasteiger partial charge in [0.2, 0.25) is 0 Å². The third-order valence-corrected chi connectivity index (χ3v) is 9.20. The Balaban J connectivity index is 1.93. The van der Waals surface area contributed by atoms with Crippen LogP contribution in [0, 0.1) is 0 Å². The van der Waals surface area contributed by atoms with Gasteiger partial charge in [-0.3, -0.25) is 0 Å². The third-order valence-electron chi connectivity index (χ3n) is 5.47. The van der Waals surface area contributed by atoms with Gasteiger partial charge in [-0.05, 0) is 18.9 Å². The zero-order valence-electron chi connectivity index (χ0n) is 14.5. The molecule has 2 aliphatic carbocycles. The van der Waals surface area contributed by atoms with Crippen LogP contribution in [0.2, 0.25) is 0 Å². The topological polar surface area (TPSA) is 24.9 Å². The van der Waals surface area contributed by atoms with Gasteiger partial charge in [0.25, 0.3) is 0 Å². The highest BCUT2D eigenvalue weighted by Crippen LogP contribution is 2.75. The minimum absolute atomic E-state index is 0.579. The van der Waals surface area contributed by atoms with Gasteiger partial charge in [-0.2, -0.15) is 9.34 Å². The first-order chi connectivity index (χ1) is 11.2. The molecule has 0 aromatic heterocycles. The maximum Gasteiger partial charge on any atom is 0.416 e. The maximum atomic E-state index is 7.24. The fraction of sp³-hybridized carbons (Fsp3) is 0.765. The number of nitrogens with zero attached hydrogens (tertiary/aromatic N) is 2. The molecule has 2 atom stereocenters. The zero-order valence-corrected chi connectivity index (χ0v) is 15.4. The second-order valence-electron chi connectivity index (χ2n) is 6.67. The van der Waals surface area contributed by atoms with Gasteiger partial charge in [0.05, 0.1) is 43.7 Å². The van der Waals surface area contributed by atoms with E-state index in [2.05, 4.69) is 27.6 Å². The average Bonchev–Trinajstić information content (AvgIpc) is 3.18. The Morgan fingerprint density at radius 2 is 1.65 bits per heavy atom. The summed E-state index contributed by atoms with van der Waals surface area (Å²) in [5, 5.41) is 1.42. The molecular weight excluding hydrogens is 306 g/mol. The molecule has 126 valence electrons. The maximum absolute atomic E-state index is 7.24. The first kappa shape index (κ1) is 17.6. The van der Waals surface area contributed by atoms with Gasteiger partial charge < -0.3 is 9.47 Å². The summed E-state index contributed by atoms with van der Waals surface area (Å²) in [7, 11) is 8.85. The summed E-state index contributed by atoms with van der Waals surface area (Å²) in [5.41, 5.74) is 0. The van der Waals surface area contributed by atoms with E-state index in [0.29, 0.717) is 12.1 Å². The second-order valence-corrected chi connectivity index (χ2v) is 9.57. The minimum atomic E-state index is -1.95. The van der Waals surface area contributed by atoms with Crippen LogP contribution in [-0.2, 0) is 9.47 Å². The molecule has 6 heteroatoms. The van der Waals surface area contributed by atoms with Crippen LogP contribution in [0.1, 0.15) is 32.1 Å². The van der Waals surface area contributed by atoms with Crippen molar-refractivity contribution < 1.29 is 9.47 Å². The molecule has 0 N–H and O–H groups in total. The lowest BCUT2D eigenvalue weighted by molar-refractivity contribution is 0.136. The van der Waals surface area contributed by atoms with Crippen molar-refractivity contribution in [1.82, 2.24) is 9.34 Å². The van der Waals surface area contributed by atoms with Crippen LogP contribution < -0.4 is 0 Å². The van der Waals surface area contributed by atoms with Crippen molar-refractivity contribution in [2.75, 3.05) is 40.5 Å². The number of hydrogen-bond acceptors (Lipinski definition) is 4. The van der Waals surface area contributed by atoms with E-state index in [1.54, 1.807) is 14.2 Å². The number of rotatable bonds is 7. The van der Waals surface area contributed by atoms with Crippen molar-refractivity contribution in [2.45, 2.75) is 44.2 Å². The molecule has 1 saturated heterocycles. The van der Waals surface area contributed by atoms with Gasteiger partial charge in [0.15, 0.2) is 0 Å². The standard InChI is InChI=1S/C17H29BN2O2P/c1-21-13-11-19-16-9-5-6-10-17(16)20(12-14-22-2)23(19,18)15-7-3-4-8-15/h3-4,7,16-17H,5-6,8-14H2,1-2H3/q+1. The molecule has 1 saturated carbocycles. The SMILES string of the molecule is [B][P+]1(C2=CC=CC2)N(CCOC)C2CCCCC2N1CCOC. The number of ether oxygens (including phenoxy) is 2. The van der Waals surface area contributed by atoms with E-state index in [-0.39, 0.29) is 0 Å². The van der Waals surface area contributed by atoms with Gasteiger partial charge in [-0.25, -0.2) is 0 Å². The van der Waals surface area contributed by atoms with Gasteiger partial charge in [0, 0.05) is 20.6 Å². The van der Waals surface area contributed by atoms with Crippen LogP contribution in [-0.4, -0.2) is 69.5 Å². The molecule has 0 bridgehead atoms. The Labute approximate surface area is 142 Å². The molecule has 1 aliphatic heterocycles. The van der Waals surface area contributed by atoms with Crippen LogP contribution in [0.25, 0.3) is 0 Å². The summed E-state index contributed by atoms with van der Waals surface area (Å²) in [6.45, 7) is 3.37. The Morgan fingerprint density at radius 1 is 1.09 bits per heavy atom. The molecule has 4 nitrogen and oxygen atoms in total. The first-order valence-electron chi connectivity index (χ1n) is 8.79. The Hall–Kier alpha value is -0.185. The van der Waals surface area contributed by atoms with Crippen LogP contribution in [0.4, 0.5) is 0 Å².